The second-order valence-corrected chi connectivity index (χ2v) is 5.39. The minimum atomic E-state index is -0.497. The summed E-state index contributed by atoms with van der Waals surface area (Å²) in [5.74, 6) is 1.70. The van der Waals surface area contributed by atoms with E-state index in [-0.39, 0.29) is 17.3 Å². The average molecular weight is 281 g/mol. The van der Waals surface area contributed by atoms with Crippen LogP contribution in [-0.2, 0) is 4.79 Å². The third-order valence-corrected chi connectivity index (χ3v) is 4.00. The summed E-state index contributed by atoms with van der Waals surface area (Å²) >= 11 is 1.56. The minimum Gasteiger partial charge on any atom is -0.320 e. The molecule has 2 N–H and O–H groups in total. The van der Waals surface area contributed by atoms with Gasteiger partial charge in [-0.15, -0.1) is 0 Å². The molecule has 1 aromatic rings. The third kappa shape index (κ3) is 3.93. The minimum absolute atomic E-state index is 0.0796. The first-order valence-corrected chi connectivity index (χ1v) is 7.14. The summed E-state index contributed by atoms with van der Waals surface area (Å²) in [6.45, 7) is 2.03. The smallest absolute Gasteiger partial charge is 0.292 e. The Morgan fingerprint density at radius 3 is 2.84 bits per heavy atom. The van der Waals surface area contributed by atoms with Crippen molar-refractivity contribution in [3.8, 4) is 0 Å². The van der Waals surface area contributed by atoms with Crippen LogP contribution in [0.25, 0.3) is 0 Å². The van der Waals surface area contributed by atoms with Gasteiger partial charge in [-0.2, -0.15) is 11.8 Å². The van der Waals surface area contributed by atoms with Gasteiger partial charge >= 0.3 is 0 Å². The number of nitrogens with one attached hydrogen (secondary N) is 2. The second kappa shape index (κ2) is 6.53. The number of amides is 1. The van der Waals surface area contributed by atoms with Gasteiger partial charge in [0.25, 0.3) is 5.69 Å². The van der Waals surface area contributed by atoms with E-state index in [2.05, 4.69) is 10.6 Å². The molecule has 19 heavy (non-hydrogen) atoms. The van der Waals surface area contributed by atoms with E-state index in [0.717, 1.165) is 18.8 Å². The van der Waals surface area contributed by atoms with Gasteiger partial charge in [0.15, 0.2) is 0 Å². The summed E-state index contributed by atoms with van der Waals surface area (Å²) in [5.41, 5.74) is 0.174. The van der Waals surface area contributed by atoms with Crippen molar-refractivity contribution in [3.05, 3.63) is 34.4 Å². The Balaban J connectivity index is 1.82. The van der Waals surface area contributed by atoms with E-state index in [1.54, 1.807) is 23.9 Å². The number of benzene rings is 1. The molecule has 0 aromatic heterocycles. The van der Waals surface area contributed by atoms with Crippen LogP contribution in [0.3, 0.4) is 0 Å². The Morgan fingerprint density at radius 1 is 1.47 bits per heavy atom. The van der Waals surface area contributed by atoms with Crippen molar-refractivity contribution >= 4 is 29.0 Å². The average Bonchev–Trinajstić information content (AvgIpc) is 2.32. The number of nitro groups is 1. The van der Waals surface area contributed by atoms with Gasteiger partial charge in [-0.3, -0.25) is 14.9 Å². The molecule has 1 aliphatic heterocycles. The highest BCUT2D eigenvalue weighted by molar-refractivity contribution is 7.99. The Hall–Kier alpha value is -1.60. The van der Waals surface area contributed by atoms with Crippen molar-refractivity contribution in [3.63, 3.8) is 0 Å². The molecule has 0 aliphatic carbocycles. The number of anilines is 1. The van der Waals surface area contributed by atoms with Crippen molar-refractivity contribution in [2.75, 3.05) is 29.9 Å². The summed E-state index contributed by atoms with van der Waals surface area (Å²) in [7, 11) is 0. The van der Waals surface area contributed by atoms with Crippen LogP contribution in [0.15, 0.2) is 24.3 Å². The first kappa shape index (κ1) is 13.8. The number of nitro benzene ring substituents is 1. The molecule has 1 heterocycles. The highest BCUT2D eigenvalue weighted by atomic mass is 32.2. The summed E-state index contributed by atoms with van der Waals surface area (Å²) < 4.78 is 0. The molecule has 0 radical (unpaired) electrons. The molecule has 1 amide bonds. The first-order valence-electron chi connectivity index (χ1n) is 5.98. The number of hydrogen-bond donors (Lipinski definition) is 2. The van der Waals surface area contributed by atoms with Crippen molar-refractivity contribution in [1.29, 1.82) is 0 Å². The molecule has 1 saturated heterocycles. The molecule has 1 fully saturated rings. The zero-order valence-electron chi connectivity index (χ0n) is 10.3. The topological polar surface area (TPSA) is 84.3 Å². The zero-order valence-corrected chi connectivity index (χ0v) is 11.1. The monoisotopic (exact) mass is 281 g/mol. The van der Waals surface area contributed by atoms with E-state index in [1.807, 2.05) is 0 Å². The quantitative estimate of drug-likeness (QED) is 0.609. The van der Waals surface area contributed by atoms with Crippen LogP contribution in [0.5, 0.6) is 0 Å². The standard InChI is InChI=1S/C12H15N3O3S/c16-12(8-19-7-9-5-13-6-9)14-10-3-1-2-4-11(10)15(17)18/h1-4,9,13H,5-8H2,(H,14,16). The first-order chi connectivity index (χ1) is 9.16. The van der Waals surface area contributed by atoms with Crippen molar-refractivity contribution in [1.82, 2.24) is 5.32 Å². The lowest BCUT2D eigenvalue weighted by atomic mass is 10.1. The number of carbonyl (C=O) groups excluding carboxylic acids is 1. The number of para-hydroxylation sites is 2. The highest BCUT2D eigenvalue weighted by Gasteiger charge is 2.18. The van der Waals surface area contributed by atoms with Gasteiger partial charge < -0.3 is 10.6 Å². The van der Waals surface area contributed by atoms with E-state index in [4.69, 9.17) is 0 Å². The van der Waals surface area contributed by atoms with Crippen LogP contribution in [0, 0.1) is 16.0 Å². The van der Waals surface area contributed by atoms with Gasteiger partial charge in [0.05, 0.1) is 10.7 Å². The Morgan fingerprint density at radius 2 is 2.21 bits per heavy atom. The molecule has 0 unspecified atom stereocenters. The largest absolute Gasteiger partial charge is 0.320 e. The lowest BCUT2D eigenvalue weighted by Gasteiger charge is -2.26. The Kier molecular flexibility index (Phi) is 4.75. The Bertz CT molecular complexity index is 477. The summed E-state index contributed by atoms with van der Waals surface area (Å²) in [6, 6.07) is 6.15. The fraction of sp³-hybridized carbons (Fsp3) is 0.417. The summed E-state index contributed by atoms with van der Waals surface area (Å²) in [6.07, 6.45) is 0. The molecule has 0 bridgehead atoms. The van der Waals surface area contributed by atoms with Crippen molar-refractivity contribution in [2.45, 2.75) is 0 Å². The molecule has 6 nitrogen and oxygen atoms in total. The summed E-state index contributed by atoms with van der Waals surface area (Å²) in [4.78, 5) is 22.0. The molecule has 0 atom stereocenters. The van der Waals surface area contributed by atoms with Crippen LogP contribution in [0.1, 0.15) is 0 Å². The van der Waals surface area contributed by atoms with E-state index in [1.165, 1.54) is 12.1 Å². The van der Waals surface area contributed by atoms with E-state index >= 15 is 0 Å². The predicted octanol–water partition coefficient (Wildman–Crippen LogP) is 1.49. The molecule has 7 heteroatoms. The lowest BCUT2D eigenvalue weighted by molar-refractivity contribution is -0.383. The lowest BCUT2D eigenvalue weighted by Crippen LogP contribution is -2.43. The fourth-order valence-corrected chi connectivity index (χ4v) is 2.65. The molecular weight excluding hydrogens is 266 g/mol. The van der Waals surface area contributed by atoms with Gasteiger partial charge in [-0.1, -0.05) is 12.1 Å². The van der Waals surface area contributed by atoms with E-state index in [0.29, 0.717) is 11.7 Å². The second-order valence-electron chi connectivity index (χ2n) is 4.36. The molecule has 2 rings (SSSR count). The Labute approximate surface area is 115 Å². The van der Waals surface area contributed by atoms with Crippen molar-refractivity contribution in [2.24, 2.45) is 5.92 Å². The van der Waals surface area contributed by atoms with Gasteiger partial charge in [-0.25, -0.2) is 0 Å². The molecular formula is C12H15N3O3S. The number of nitrogens with zero attached hydrogens (tertiary/aromatic N) is 1. The van der Waals surface area contributed by atoms with Gasteiger partial charge in [0, 0.05) is 6.07 Å². The van der Waals surface area contributed by atoms with Crippen LogP contribution < -0.4 is 10.6 Å². The van der Waals surface area contributed by atoms with Crippen LogP contribution in [0.4, 0.5) is 11.4 Å². The number of thioether (sulfide) groups is 1. The molecule has 1 aliphatic rings. The SMILES string of the molecule is O=C(CSCC1CNC1)Nc1ccccc1[N+](=O)[O-]. The van der Waals surface area contributed by atoms with Crippen LogP contribution >= 0.6 is 11.8 Å². The van der Waals surface area contributed by atoms with Gasteiger partial charge in [-0.05, 0) is 30.8 Å². The third-order valence-electron chi connectivity index (χ3n) is 2.83. The summed E-state index contributed by atoms with van der Waals surface area (Å²) in [5, 5.41) is 16.5. The number of rotatable bonds is 6. The van der Waals surface area contributed by atoms with E-state index in [9.17, 15) is 14.9 Å². The maximum Gasteiger partial charge on any atom is 0.292 e. The molecule has 102 valence electrons. The van der Waals surface area contributed by atoms with Gasteiger partial charge in [0.1, 0.15) is 5.69 Å². The highest BCUT2D eigenvalue weighted by Crippen LogP contribution is 2.23. The molecule has 0 spiro atoms. The number of hydrogen-bond acceptors (Lipinski definition) is 5. The van der Waals surface area contributed by atoms with Crippen molar-refractivity contribution < 1.29 is 9.72 Å². The van der Waals surface area contributed by atoms with E-state index < -0.39 is 4.92 Å². The zero-order chi connectivity index (χ0) is 13.7. The number of carbonyl (C=O) groups is 1. The maximum atomic E-state index is 11.7. The van der Waals surface area contributed by atoms with Crippen LogP contribution in [-0.4, -0.2) is 35.4 Å². The normalized spacial score (nSPS) is 14.7. The molecule has 0 saturated carbocycles. The van der Waals surface area contributed by atoms with Crippen LogP contribution in [0.2, 0.25) is 0 Å². The van der Waals surface area contributed by atoms with Gasteiger partial charge in [0.2, 0.25) is 5.91 Å². The maximum absolute atomic E-state index is 11.7. The molecule has 1 aromatic carbocycles. The predicted molar refractivity (Wildman–Crippen MR) is 75.4 cm³/mol. The fourth-order valence-electron chi connectivity index (χ4n) is 1.71.